The molecule has 0 N–H and O–H groups in total. The second kappa shape index (κ2) is 18.8. The normalized spacial score (nSPS) is 19.0. The highest BCUT2D eigenvalue weighted by atomic mass is 35.5. The van der Waals surface area contributed by atoms with E-state index in [-0.39, 0.29) is 23.3 Å². The summed E-state index contributed by atoms with van der Waals surface area (Å²) in [5.41, 5.74) is 1.74. The van der Waals surface area contributed by atoms with E-state index in [1.165, 1.54) is 6.42 Å². The van der Waals surface area contributed by atoms with E-state index in [1.54, 1.807) is 18.2 Å². The number of carbonyl (C=O) groups is 2. The fourth-order valence-electron chi connectivity index (χ4n) is 5.40. The first kappa shape index (κ1) is 39.8. The van der Waals surface area contributed by atoms with Gasteiger partial charge in [0.1, 0.15) is 11.4 Å². The molecule has 1 amide bonds. The van der Waals surface area contributed by atoms with Gasteiger partial charge in [-0.2, -0.15) is 0 Å². The highest BCUT2D eigenvalue weighted by Crippen LogP contribution is 2.42. The number of unbranched alkanes of at least 4 members (excludes halogenated alkanes) is 1. The molecule has 46 heavy (non-hydrogen) atoms. The zero-order valence-electron chi connectivity index (χ0n) is 29.7. The Morgan fingerprint density at radius 2 is 1.72 bits per heavy atom. The first-order valence-electron chi connectivity index (χ1n) is 17.0. The summed E-state index contributed by atoms with van der Waals surface area (Å²) in [5.74, 6) is -0.473. The minimum atomic E-state index is -0.794. The van der Waals surface area contributed by atoms with Gasteiger partial charge < -0.3 is 14.5 Å². The third-order valence-corrected chi connectivity index (χ3v) is 8.50. The lowest BCUT2D eigenvalue weighted by atomic mass is 9.85. The number of ether oxygens (including phenoxy) is 1. The van der Waals surface area contributed by atoms with Crippen molar-refractivity contribution in [3.05, 3.63) is 69.3 Å². The number of halogens is 2. The van der Waals surface area contributed by atoms with Crippen molar-refractivity contribution < 1.29 is 14.3 Å². The number of aliphatic imine (C=N–C) groups is 1. The second-order valence-electron chi connectivity index (χ2n) is 13.8. The number of amides is 1. The molecule has 0 bridgehead atoms. The van der Waals surface area contributed by atoms with E-state index in [0.717, 1.165) is 50.8 Å². The van der Waals surface area contributed by atoms with E-state index in [4.69, 9.17) is 32.9 Å². The summed E-state index contributed by atoms with van der Waals surface area (Å²) >= 11 is 13.0. The predicted molar refractivity (Wildman–Crippen MR) is 195 cm³/mol. The third-order valence-electron chi connectivity index (χ3n) is 7.97. The van der Waals surface area contributed by atoms with Crippen LogP contribution in [0.25, 0.3) is 0 Å². The fraction of sp³-hybridized carbons (Fsp3) is 0.605. The third kappa shape index (κ3) is 12.0. The number of benzene rings is 1. The van der Waals surface area contributed by atoms with Crippen LogP contribution in [0.15, 0.2) is 63.1 Å². The Kier molecular flexibility index (Phi) is 16.3. The zero-order chi connectivity index (χ0) is 34.5. The van der Waals surface area contributed by atoms with Crippen LogP contribution < -0.4 is 0 Å². The SMILES string of the molecule is CCC.CCCCN(C)CCC1(C)N=C(C2=CC(Cl)=CCC(Cl)=C2)C(=O)N1C(CCC(C)(C)C)c1ccc(C(=O)OCCC)cc1. The molecule has 8 heteroatoms. The van der Waals surface area contributed by atoms with Crippen LogP contribution in [0.5, 0.6) is 0 Å². The van der Waals surface area contributed by atoms with Crippen LogP contribution >= 0.6 is 23.2 Å². The van der Waals surface area contributed by atoms with Gasteiger partial charge in [-0.15, -0.1) is 0 Å². The predicted octanol–water partition coefficient (Wildman–Crippen LogP) is 10.2. The molecular formula is C38H57Cl2N3O3. The van der Waals surface area contributed by atoms with Crippen molar-refractivity contribution >= 4 is 40.8 Å². The molecule has 0 aromatic heterocycles. The summed E-state index contributed by atoms with van der Waals surface area (Å²) in [5, 5.41) is 1.14. The molecular weight excluding hydrogens is 617 g/mol. The number of hydrogen-bond acceptors (Lipinski definition) is 5. The number of rotatable bonds is 14. The van der Waals surface area contributed by atoms with E-state index in [2.05, 4.69) is 60.4 Å². The smallest absolute Gasteiger partial charge is 0.338 e. The molecule has 0 spiro atoms. The average Bonchev–Trinajstić information content (AvgIpc) is 3.14. The van der Waals surface area contributed by atoms with E-state index in [9.17, 15) is 9.59 Å². The van der Waals surface area contributed by atoms with E-state index in [1.807, 2.05) is 36.1 Å². The van der Waals surface area contributed by atoms with E-state index in [0.29, 0.717) is 46.4 Å². The quantitative estimate of drug-likeness (QED) is 0.184. The van der Waals surface area contributed by atoms with Gasteiger partial charge in [0.2, 0.25) is 0 Å². The van der Waals surface area contributed by atoms with Crippen LogP contribution in [-0.2, 0) is 9.53 Å². The summed E-state index contributed by atoms with van der Waals surface area (Å²) in [4.78, 5) is 36.5. The Bertz CT molecular complexity index is 1280. The minimum Gasteiger partial charge on any atom is -0.462 e. The van der Waals surface area contributed by atoms with Gasteiger partial charge in [-0.1, -0.05) is 103 Å². The van der Waals surface area contributed by atoms with Gasteiger partial charge in [0.05, 0.1) is 18.2 Å². The lowest BCUT2D eigenvalue weighted by Gasteiger charge is -2.41. The van der Waals surface area contributed by atoms with E-state index >= 15 is 0 Å². The highest BCUT2D eigenvalue weighted by Gasteiger charge is 2.48. The molecule has 1 aliphatic carbocycles. The van der Waals surface area contributed by atoms with Crippen LogP contribution in [0, 0.1) is 5.41 Å². The summed E-state index contributed by atoms with van der Waals surface area (Å²) < 4.78 is 5.35. The number of hydrogen-bond donors (Lipinski definition) is 0. The molecule has 6 nitrogen and oxygen atoms in total. The van der Waals surface area contributed by atoms with Crippen molar-refractivity contribution in [2.45, 2.75) is 118 Å². The molecule has 2 aliphatic rings. The van der Waals surface area contributed by atoms with Crippen LogP contribution in [-0.4, -0.2) is 59.8 Å². The van der Waals surface area contributed by atoms with Crippen molar-refractivity contribution in [2.75, 3.05) is 26.7 Å². The molecule has 0 saturated heterocycles. The molecule has 2 atom stereocenters. The highest BCUT2D eigenvalue weighted by molar-refractivity contribution is 6.48. The van der Waals surface area contributed by atoms with Crippen molar-refractivity contribution in [2.24, 2.45) is 10.4 Å². The van der Waals surface area contributed by atoms with Crippen LogP contribution in [0.4, 0.5) is 0 Å². The van der Waals surface area contributed by atoms with Gasteiger partial charge >= 0.3 is 5.97 Å². The van der Waals surface area contributed by atoms with Crippen LogP contribution in [0.2, 0.25) is 0 Å². The number of carbonyl (C=O) groups excluding carboxylic acids is 2. The first-order valence-corrected chi connectivity index (χ1v) is 17.8. The van der Waals surface area contributed by atoms with Crippen molar-refractivity contribution in [1.82, 2.24) is 9.80 Å². The van der Waals surface area contributed by atoms with Gasteiger partial charge in [-0.3, -0.25) is 9.79 Å². The second-order valence-corrected chi connectivity index (χ2v) is 14.7. The monoisotopic (exact) mass is 673 g/mol. The lowest BCUT2D eigenvalue weighted by molar-refractivity contribution is -0.131. The minimum absolute atomic E-state index is 0.0593. The molecule has 0 fully saturated rings. The molecule has 256 valence electrons. The molecule has 0 saturated carbocycles. The summed E-state index contributed by atoms with van der Waals surface area (Å²) in [6, 6.07) is 7.26. The van der Waals surface area contributed by atoms with Gasteiger partial charge in [0.15, 0.2) is 0 Å². The molecule has 1 aliphatic heterocycles. The Morgan fingerprint density at radius 1 is 1.07 bits per heavy atom. The number of nitrogens with zero attached hydrogens (tertiary/aromatic N) is 3. The Morgan fingerprint density at radius 3 is 2.30 bits per heavy atom. The van der Waals surface area contributed by atoms with Crippen LogP contribution in [0.1, 0.15) is 129 Å². The fourth-order valence-corrected chi connectivity index (χ4v) is 5.79. The Hall–Kier alpha value is -2.41. The largest absolute Gasteiger partial charge is 0.462 e. The number of allylic oxidation sites excluding steroid dienone is 5. The average molecular weight is 675 g/mol. The molecule has 3 rings (SSSR count). The summed E-state index contributed by atoms with van der Waals surface area (Å²) in [6.07, 6.45) is 12.5. The zero-order valence-corrected chi connectivity index (χ0v) is 31.2. The molecule has 1 aromatic carbocycles. The molecule has 0 radical (unpaired) electrons. The Balaban J connectivity index is 0.00000236. The molecule has 1 heterocycles. The van der Waals surface area contributed by atoms with Crippen molar-refractivity contribution in [3.63, 3.8) is 0 Å². The van der Waals surface area contributed by atoms with Crippen molar-refractivity contribution in [1.29, 1.82) is 0 Å². The topological polar surface area (TPSA) is 62.2 Å². The maximum absolute atomic E-state index is 14.5. The lowest BCUT2D eigenvalue weighted by Crippen LogP contribution is -2.48. The maximum Gasteiger partial charge on any atom is 0.338 e. The van der Waals surface area contributed by atoms with Gasteiger partial charge in [-0.25, -0.2) is 4.79 Å². The first-order chi connectivity index (χ1) is 21.7. The Labute approximate surface area is 288 Å². The summed E-state index contributed by atoms with van der Waals surface area (Å²) in [6.45, 7) is 19.3. The maximum atomic E-state index is 14.5. The van der Waals surface area contributed by atoms with Gasteiger partial charge in [-0.05, 0) is 81.5 Å². The standard InChI is InChI=1S/C35H49Cl2N3O3.C3H8/c1-8-10-20-39(7)21-19-35(6)38-31(27-23-28(36)15-16-29(37)24-27)32(41)40(35)30(17-18-34(3,4)5)25-11-13-26(14-12-25)33(42)43-22-9-2;1-3-2/h11-15,23-24,30H,8-10,16-22H2,1-7H3;3H2,1-2H3. The van der Waals surface area contributed by atoms with E-state index < -0.39 is 5.66 Å². The summed E-state index contributed by atoms with van der Waals surface area (Å²) in [7, 11) is 2.12. The molecule has 2 unspecified atom stereocenters. The molecule has 1 aromatic rings. The van der Waals surface area contributed by atoms with Gasteiger partial charge in [0.25, 0.3) is 5.91 Å². The van der Waals surface area contributed by atoms with Gasteiger partial charge in [0, 0.05) is 35.0 Å². The van der Waals surface area contributed by atoms with Crippen molar-refractivity contribution in [3.8, 4) is 0 Å². The number of esters is 1. The van der Waals surface area contributed by atoms with Crippen LogP contribution in [0.3, 0.4) is 0 Å².